The van der Waals surface area contributed by atoms with Gasteiger partial charge >= 0.3 is 5.97 Å². The molecule has 8 heteroatoms. The highest BCUT2D eigenvalue weighted by molar-refractivity contribution is 9.13. The van der Waals surface area contributed by atoms with Crippen molar-refractivity contribution in [3.05, 3.63) is 19.2 Å². The number of carboxylic acids is 1. The van der Waals surface area contributed by atoms with Gasteiger partial charge in [0.05, 0.1) is 8.66 Å². The van der Waals surface area contributed by atoms with Crippen LogP contribution in [0.1, 0.15) is 16.1 Å². The first-order valence-corrected chi connectivity index (χ1v) is 6.95. The molecule has 0 bridgehead atoms. The summed E-state index contributed by atoms with van der Waals surface area (Å²) in [6, 6.07) is 0.522. The SMILES string of the molecule is O=C(N[C@@H](CCO)C(=O)O)c1cc(Br)c(Br)s1. The molecule has 1 aromatic rings. The fourth-order valence-electron chi connectivity index (χ4n) is 1.07. The van der Waals surface area contributed by atoms with Gasteiger partial charge in [0.25, 0.3) is 5.91 Å². The van der Waals surface area contributed by atoms with E-state index in [0.717, 1.165) is 8.26 Å². The number of hydrogen-bond acceptors (Lipinski definition) is 4. The highest BCUT2D eigenvalue weighted by Gasteiger charge is 2.21. The maximum absolute atomic E-state index is 11.7. The van der Waals surface area contributed by atoms with Gasteiger partial charge in [-0.3, -0.25) is 4.79 Å². The van der Waals surface area contributed by atoms with Crippen molar-refractivity contribution < 1.29 is 19.8 Å². The fraction of sp³-hybridized carbons (Fsp3) is 0.333. The van der Waals surface area contributed by atoms with Crippen molar-refractivity contribution in [2.45, 2.75) is 12.5 Å². The van der Waals surface area contributed by atoms with Gasteiger partial charge in [-0.05, 0) is 37.9 Å². The molecule has 0 saturated carbocycles. The van der Waals surface area contributed by atoms with Crippen LogP contribution in [0.5, 0.6) is 0 Å². The minimum atomic E-state index is -1.16. The molecule has 1 rings (SSSR count). The first kappa shape index (κ1) is 14.6. The summed E-state index contributed by atoms with van der Waals surface area (Å²) in [5, 5.41) is 19.9. The molecule has 0 aliphatic carbocycles. The van der Waals surface area contributed by atoms with Crippen molar-refractivity contribution in [3.8, 4) is 0 Å². The van der Waals surface area contributed by atoms with Gasteiger partial charge in [0, 0.05) is 17.5 Å². The third-order valence-corrected chi connectivity index (χ3v) is 5.15. The lowest BCUT2D eigenvalue weighted by atomic mass is 10.2. The summed E-state index contributed by atoms with van der Waals surface area (Å²) in [5.74, 6) is -1.63. The largest absolute Gasteiger partial charge is 0.480 e. The third-order valence-electron chi connectivity index (χ3n) is 1.89. The van der Waals surface area contributed by atoms with Crippen LogP contribution in [0.25, 0.3) is 0 Å². The van der Waals surface area contributed by atoms with Crippen LogP contribution in [0, 0.1) is 0 Å². The summed E-state index contributed by atoms with van der Waals surface area (Å²) < 4.78 is 1.50. The summed E-state index contributed by atoms with van der Waals surface area (Å²) in [6.45, 7) is -0.297. The van der Waals surface area contributed by atoms with Crippen molar-refractivity contribution >= 4 is 55.1 Å². The molecule has 0 aliphatic heterocycles. The molecule has 17 heavy (non-hydrogen) atoms. The molecule has 94 valence electrons. The Labute approximate surface area is 118 Å². The van der Waals surface area contributed by atoms with Crippen LogP contribution in [0.4, 0.5) is 0 Å². The first-order chi connectivity index (χ1) is 7.95. The number of hydrogen-bond donors (Lipinski definition) is 3. The number of rotatable bonds is 5. The summed E-state index contributed by atoms with van der Waals surface area (Å²) in [7, 11) is 0. The molecule has 1 aromatic heterocycles. The number of amides is 1. The fourth-order valence-corrected chi connectivity index (χ4v) is 3.01. The average Bonchev–Trinajstić information content (AvgIpc) is 2.58. The van der Waals surface area contributed by atoms with Crippen LogP contribution in [0.2, 0.25) is 0 Å². The van der Waals surface area contributed by atoms with Crippen molar-refractivity contribution in [1.82, 2.24) is 5.32 Å². The minimum absolute atomic E-state index is 0.0191. The molecule has 0 spiro atoms. The van der Waals surface area contributed by atoms with E-state index < -0.39 is 17.9 Å². The Hall–Kier alpha value is -0.440. The molecule has 0 radical (unpaired) electrons. The number of nitrogens with one attached hydrogen (secondary N) is 1. The average molecular weight is 387 g/mol. The van der Waals surface area contributed by atoms with E-state index in [1.807, 2.05) is 0 Å². The van der Waals surface area contributed by atoms with E-state index in [4.69, 9.17) is 10.2 Å². The lowest BCUT2D eigenvalue weighted by Crippen LogP contribution is -2.41. The molecule has 1 atom stereocenters. The second-order valence-corrected chi connectivity index (χ2v) is 6.33. The van der Waals surface area contributed by atoms with Gasteiger partial charge in [-0.25, -0.2) is 4.79 Å². The number of carboxylic acid groups (broad SMARTS) is 1. The van der Waals surface area contributed by atoms with Gasteiger partial charge in [-0.1, -0.05) is 0 Å². The van der Waals surface area contributed by atoms with Gasteiger partial charge in [0.15, 0.2) is 0 Å². The Morgan fingerprint density at radius 2 is 2.12 bits per heavy atom. The predicted octanol–water partition coefficient (Wildman–Crippen LogP) is 1.84. The summed E-state index contributed by atoms with van der Waals surface area (Å²) in [4.78, 5) is 22.9. The Balaban J connectivity index is 2.73. The molecule has 0 aliphatic rings. The van der Waals surface area contributed by atoms with Gasteiger partial charge in [-0.2, -0.15) is 0 Å². The Bertz CT molecular complexity index is 415. The molecule has 1 amide bonds. The van der Waals surface area contributed by atoms with E-state index in [1.54, 1.807) is 6.07 Å². The summed E-state index contributed by atoms with van der Waals surface area (Å²) in [5.41, 5.74) is 0. The number of halogens is 2. The highest BCUT2D eigenvalue weighted by atomic mass is 79.9. The molecule has 5 nitrogen and oxygen atoms in total. The Kier molecular flexibility index (Phi) is 5.57. The molecule has 0 saturated heterocycles. The van der Waals surface area contributed by atoms with Crippen LogP contribution in [0.15, 0.2) is 14.3 Å². The van der Waals surface area contributed by atoms with Crippen molar-refractivity contribution in [2.24, 2.45) is 0 Å². The molecular formula is C9H9Br2NO4S. The van der Waals surface area contributed by atoms with Gasteiger partial charge in [0.1, 0.15) is 6.04 Å². The van der Waals surface area contributed by atoms with Crippen LogP contribution in [0.3, 0.4) is 0 Å². The van der Waals surface area contributed by atoms with Crippen molar-refractivity contribution in [3.63, 3.8) is 0 Å². The van der Waals surface area contributed by atoms with E-state index in [2.05, 4.69) is 37.2 Å². The molecule has 0 aromatic carbocycles. The zero-order valence-electron chi connectivity index (χ0n) is 8.44. The quantitative estimate of drug-likeness (QED) is 0.720. The van der Waals surface area contributed by atoms with Crippen molar-refractivity contribution in [1.29, 1.82) is 0 Å². The molecule has 1 heterocycles. The van der Waals surface area contributed by atoms with E-state index in [9.17, 15) is 9.59 Å². The highest BCUT2D eigenvalue weighted by Crippen LogP contribution is 2.32. The molecule has 0 unspecified atom stereocenters. The molecule has 3 N–H and O–H groups in total. The van der Waals surface area contributed by atoms with Crippen molar-refractivity contribution in [2.75, 3.05) is 6.61 Å². The van der Waals surface area contributed by atoms with Crippen LogP contribution < -0.4 is 5.32 Å². The molecular weight excluding hydrogens is 378 g/mol. The van der Waals surface area contributed by atoms with E-state index in [-0.39, 0.29) is 13.0 Å². The lowest BCUT2D eigenvalue weighted by Gasteiger charge is -2.11. The standard InChI is InChI=1S/C9H9Br2NO4S/c10-4-3-6(17-7(4)11)8(14)12-5(1-2-13)9(15)16/h3,5,13H,1-2H2,(H,12,14)(H,15,16)/t5-/m0/s1. The zero-order valence-corrected chi connectivity index (χ0v) is 12.4. The second-order valence-electron chi connectivity index (χ2n) is 3.11. The minimum Gasteiger partial charge on any atom is -0.480 e. The van der Waals surface area contributed by atoms with Crippen LogP contribution in [-0.4, -0.2) is 34.7 Å². The number of carbonyl (C=O) groups excluding carboxylic acids is 1. The number of aliphatic hydroxyl groups is 1. The third kappa shape index (κ3) is 4.06. The first-order valence-electron chi connectivity index (χ1n) is 4.55. The smallest absolute Gasteiger partial charge is 0.326 e. The number of thiophene rings is 1. The number of aliphatic hydroxyl groups excluding tert-OH is 1. The lowest BCUT2D eigenvalue weighted by molar-refractivity contribution is -0.139. The van der Waals surface area contributed by atoms with E-state index in [0.29, 0.717) is 4.88 Å². The number of aliphatic carboxylic acids is 1. The zero-order chi connectivity index (χ0) is 13.0. The monoisotopic (exact) mass is 385 g/mol. The second kappa shape index (κ2) is 6.48. The summed E-state index contributed by atoms with van der Waals surface area (Å²) in [6.07, 6.45) is -0.0191. The Morgan fingerprint density at radius 3 is 2.53 bits per heavy atom. The van der Waals surface area contributed by atoms with Gasteiger partial charge < -0.3 is 15.5 Å². The summed E-state index contributed by atoms with van der Waals surface area (Å²) >= 11 is 7.68. The number of carbonyl (C=O) groups is 2. The van der Waals surface area contributed by atoms with E-state index >= 15 is 0 Å². The topological polar surface area (TPSA) is 86.6 Å². The van der Waals surface area contributed by atoms with Crippen LogP contribution >= 0.6 is 43.2 Å². The van der Waals surface area contributed by atoms with E-state index in [1.165, 1.54) is 11.3 Å². The predicted molar refractivity (Wildman–Crippen MR) is 70.3 cm³/mol. The molecule has 0 fully saturated rings. The van der Waals surface area contributed by atoms with Gasteiger partial charge in [0.2, 0.25) is 0 Å². The van der Waals surface area contributed by atoms with Crippen LogP contribution in [-0.2, 0) is 4.79 Å². The maximum atomic E-state index is 11.7. The Morgan fingerprint density at radius 1 is 1.47 bits per heavy atom. The maximum Gasteiger partial charge on any atom is 0.326 e. The van der Waals surface area contributed by atoms with Gasteiger partial charge in [-0.15, -0.1) is 11.3 Å². The normalized spacial score (nSPS) is 12.2.